The molecule has 1 N–H and O–H groups in total. The monoisotopic (exact) mass is 292 g/mol. The van der Waals surface area contributed by atoms with Crippen molar-refractivity contribution in [1.82, 2.24) is 5.32 Å². The van der Waals surface area contributed by atoms with Crippen LogP contribution >= 0.6 is 0 Å². The molecule has 0 heterocycles. The van der Waals surface area contributed by atoms with Crippen molar-refractivity contribution in [2.45, 2.75) is 26.1 Å². The van der Waals surface area contributed by atoms with Crippen molar-refractivity contribution >= 4 is 5.69 Å². The van der Waals surface area contributed by atoms with Crippen molar-refractivity contribution in [3.63, 3.8) is 0 Å². The Hall–Kier alpha value is -1.83. The van der Waals surface area contributed by atoms with Crippen molar-refractivity contribution in [3.8, 4) is 5.75 Å². The van der Waals surface area contributed by atoms with Gasteiger partial charge >= 0.3 is 6.18 Å². The molecule has 1 aromatic carbocycles. The number of nitro groups is 1. The first kappa shape index (κ1) is 16.2. The lowest BCUT2D eigenvalue weighted by Crippen LogP contribution is -2.27. The van der Waals surface area contributed by atoms with Crippen LogP contribution in [0.25, 0.3) is 0 Å². The second kappa shape index (κ2) is 6.56. The maximum Gasteiger partial charge on any atom is 0.420 e. The third-order valence-corrected chi connectivity index (χ3v) is 2.39. The summed E-state index contributed by atoms with van der Waals surface area (Å²) < 4.78 is 43.5. The average molecular weight is 292 g/mol. The number of hydrogen-bond acceptors (Lipinski definition) is 4. The molecule has 0 saturated carbocycles. The summed E-state index contributed by atoms with van der Waals surface area (Å²) in [5.41, 5.74) is -1.76. The minimum atomic E-state index is -4.70. The molecule has 112 valence electrons. The molecule has 0 aliphatic carbocycles. The third-order valence-electron chi connectivity index (χ3n) is 2.39. The fraction of sp³-hybridized carbons (Fsp3) is 0.500. The predicted octanol–water partition coefficient (Wildman–Crippen LogP) is 2.99. The molecule has 20 heavy (non-hydrogen) atoms. The Kier molecular flexibility index (Phi) is 5.32. The molecule has 1 aromatic rings. The van der Waals surface area contributed by atoms with E-state index in [4.69, 9.17) is 4.74 Å². The number of halogens is 3. The second-order valence-corrected chi connectivity index (χ2v) is 4.39. The number of alkyl halides is 3. The first-order valence-electron chi connectivity index (χ1n) is 5.93. The molecule has 0 amide bonds. The van der Waals surface area contributed by atoms with Crippen LogP contribution in [0.2, 0.25) is 0 Å². The highest BCUT2D eigenvalue weighted by atomic mass is 19.4. The van der Waals surface area contributed by atoms with Crippen molar-refractivity contribution in [1.29, 1.82) is 0 Å². The van der Waals surface area contributed by atoms with E-state index < -0.39 is 28.1 Å². The second-order valence-electron chi connectivity index (χ2n) is 4.39. The Bertz CT molecular complexity index is 476. The summed E-state index contributed by atoms with van der Waals surface area (Å²) >= 11 is 0. The molecule has 0 aliphatic heterocycles. The van der Waals surface area contributed by atoms with Gasteiger partial charge in [-0.15, -0.1) is 0 Å². The molecule has 0 aliphatic rings. The van der Waals surface area contributed by atoms with E-state index in [0.29, 0.717) is 12.6 Å². The highest BCUT2D eigenvalue weighted by molar-refractivity contribution is 5.45. The first-order valence-corrected chi connectivity index (χ1v) is 5.93. The van der Waals surface area contributed by atoms with Crippen LogP contribution in [0.3, 0.4) is 0 Å². The number of nitrogens with one attached hydrogen (secondary N) is 1. The van der Waals surface area contributed by atoms with Gasteiger partial charge in [-0.25, -0.2) is 0 Å². The zero-order chi connectivity index (χ0) is 15.3. The lowest BCUT2D eigenvalue weighted by Gasteiger charge is -2.14. The molecule has 0 spiro atoms. The summed E-state index contributed by atoms with van der Waals surface area (Å²) in [6.45, 7) is 4.21. The van der Waals surface area contributed by atoms with Gasteiger partial charge in [0.15, 0.2) is 0 Å². The number of benzene rings is 1. The van der Waals surface area contributed by atoms with Gasteiger partial charge in [-0.2, -0.15) is 13.2 Å². The molecular weight excluding hydrogens is 277 g/mol. The fourth-order valence-electron chi connectivity index (χ4n) is 1.49. The number of nitrogens with zero attached hydrogens (tertiary/aromatic N) is 1. The Balaban J connectivity index is 2.87. The van der Waals surface area contributed by atoms with Gasteiger partial charge in [-0.3, -0.25) is 10.1 Å². The van der Waals surface area contributed by atoms with Crippen LogP contribution in [0.15, 0.2) is 18.2 Å². The number of nitro benzene ring substituents is 1. The van der Waals surface area contributed by atoms with Crippen molar-refractivity contribution in [2.24, 2.45) is 0 Å². The van der Waals surface area contributed by atoms with Crippen molar-refractivity contribution < 1.29 is 22.8 Å². The number of rotatable bonds is 6. The number of hydrogen-bond donors (Lipinski definition) is 1. The summed E-state index contributed by atoms with van der Waals surface area (Å²) in [7, 11) is 0. The Morgan fingerprint density at radius 3 is 2.55 bits per heavy atom. The van der Waals surface area contributed by atoms with Gasteiger partial charge in [-0.05, 0) is 6.07 Å². The van der Waals surface area contributed by atoms with Crippen LogP contribution in [0.1, 0.15) is 19.4 Å². The molecule has 5 nitrogen and oxygen atoms in total. The zero-order valence-electron chi connectivity index (χ0n) is 11.0. The molecular formula is C12H15F3N2O3. The van der Waals surface area contributed by atoms with E-state index in [1.807, 2.05) is 13.8 Å². The van der Waals surface area contributed by atoms with E-state index in [2.05, 4.69) is 5.32 Å². The van der Waals surface area contributed by atoms with Crippen molar-refractivity contribution in [3.05, 3.63) is 33.9 Å². The van der Waals surface area contributed by atoms with Gasteiger partial charge in [0.05, 0.1) is 4.92 Å². The smallest absolute Gasteiger partial charge is 0.420 e. The van der Waals surface area contributed by atoms with Crippen LogP contribution in [-0.4, -0.2) is 24.1 Å². The van der Waals surface area contributed by atoms with Gasteiger partial charge in [0.25, 0.3) is 5.69 Å². The van der Waals surface area contributed by atoms with E-state index in [1.54, 1.807) is 0 Å². The number of ether oxygens (including phenoxy) is 1. The van der Waals surface area contributed by atoms with Gasteiger partial charge < -0.3 is 10.1 Å². The largest absolute Gasteiger partial charge is 0.492 e. The standard InChI is InChI=1S/C12H15F3N2O3/c1-8(2)16-5-6-20-11-4-3-9(17(18)19)7-10(11)12(13,14)15/h3-4,7-8,16H,5-6H2,1-2H3. The SMILES string of the molecule is CC(C)NCCOc1ccc([N+](=O)[O-])cc1C(F)(F)F. The maximum absolute atomic E-state index is 12.8. The Morgan fingerprint density at radius 1 is 1.40 bits per heavy atom. The van der Waals surface area contributed by atoms with E-state index in [-0.39, 0.29) is 12.6 Å². The zero-order valence-corrected chi connectivity index (χ0v) is 11.0. The van der Waals surface area contributed by atoms with E-state index in [0.717, 1.165) is 12.1 Å². The van der Waals surface area contributed by atoms with E-state index in [1.165, 1.54) is 0 Å². The first-order chi connectivity index (χ1) is 9.21. The Morgan fingerprint density at radius 2 is 2.05 bits per heavy atom. The summed E-state index contributed by atoms with van der Waals surface area (Å²) in [5, 5.41) is 13.5. The average Bonchev–Trinajstić information content (AvgIpc) is 2.33. The summed E-state index contributed by atoms with van der Waals surface area (Å²) in [5.74, 6) is -0.409. The highest BCUT2D eigenvalue weighted by Crippen LogP contribution is 2.38. The fourth-order valence-corrected chi connectivity index (χ4v) is 1.49. The number of non-ortho nitro benzene ring substituents is 1. The van der Waals surface area contributed by atoms with Gasteiger partial charge in [0.2, 0.25) is 0 Å². The minimum Gasteiger partial charge on any atom is -0.492 e. The van der Waals surface area contributed by atoms with Gasteiger partial charge in [0.1, 0.15) is 17.9 Å². The van der Waals surface area contributed by atoms with Crippen LogP contribution in [0, 0.1) is 10.1 Å². The quantitative estimate of drug-likeness (QED) is 0.497. The lowest BCUT2D eigenvalue weighted by molar-refractivity contribution is -0.385. The topological polar surface area (TPSA) is 64.4 Å². The molecule has 0 aromatic heterocycles. The van der Waals surface area contributed by atoms with Crippen molar-refractivity contribution in [2.75, 3.05) is 13.2 Å². The molecule has 0 fully saturated rings. The van der Waals surface area contributed by atoms with Crippen LogP contribution < -0.4 is 10.1 Å². The summed E-state index contributed by atoms with van der Waals surface area (Å²) in [6, 6.07) is 2.62. The third kappa shape index (κ3) is 4.69. The normalized spacial score (nSPS) is 11.7. The molecule has 0 radical (unpaired) electrons. The van der Waals surface area contributed by atoms with Crippen LogP contribution in [0.4, 0.5) is 18.9 Å². The molecule has 0 unspecified atom stereocenters. The molecule has 0 bridgehead atoms. The van der Waals surface area contributed by atoms with Gasteiger partial charge in [0, 0.05) is 24.7 Å². The lowest BCUT2D eigenvalue weighted by atomic mass is 10.1. The minimum absolute atomic E-state index is 0.0407. The van der Waals surface area contributed by atoms with Crippen LogP contribution in [-0.2, 0) is 6.18 Å². The maximum atomic E-state index is 12.8. The molecule has 8 heteroatoms. The highest BCUT2D eigenvalue weighted by Gasteiger charge is 2.36. The van der Waals surface area contributed by atoms with E-state index in [9.17, 15) is 23.3 Å². The molecule has 1 rings (SSSR count). The van der Waals surface area contributed by atoms with E-state index >= 15 is 0 Å². The summed E-state index contributed by atoms with van der Waals surface area (Å²) in [4.78, 5) is 9.64. The predicted molar refractivity (Wildman–Crippen MR) is 66.7 cm³/mol. The summed E-state index contributed by atoms with van der Waals surface area (Å²) in [6.07, 6.45) is -4.70. The van der Waals surface area contributed by atoms with Crippen LogP contribution in [0.5, 0.6) is 5.75 Å². The molecule has 0 saturated heterocycles. The molecule has 0 atom stereocenters. The van der Waals surface area contributed by atoms with Gasteiger partial charge in [-0.1, -0.05) is 13.8 Å². The Labute approximate surface area is 113 Å².